The Balaban J connectivity index is 2.59. The fraction of sp³-hybridized carbons (Fsp3) is 0.455. The van der Waals surface area contributed by atoms with Gasteiger partial charge in [0.25, 0.3) is 23.6 Å². The van der Waals surface area contributed by atoms with Crippen molar-refractivity contribution in [2.45, 2.75) is 37.8 Å². The zero-order valence-electron chi connectivity index (χ0n) is 30.6. The third-order valence-corrected chi connectivity index (χ3v) is 14.4. The van der Waals surface area contributed by atoms with E-state index in [1.165, 1.54) is 0 Å². The van der Waals surface area contributed by atoms with Crippen molar-refractivity contribution in [2.24, 2.45) is 0 Å². The van der Waals surface area contributed by atoms with E-state index >= 15 is 0 Å². The lowest BCUT2D eigenvalue weighted by molar-refractivity contribution is -0.119. The Kier molecular flexibility index (Phi) is 24.2. The maximum absolute atomic E-state index is 14.4. The molecule has 0 saturated heterocycles. The molecule has 0 heterocycles. The summed E-state index contributed by atoms with van der Waals surface area (Å²) in [5.41, 5.74) is -0.418. The second kappa shape index (κ2) is 26.2. The molecule has 2 aromatic rings. The number of aliphatic hydroxyl groups excluding tert-OH is 8. The molecule has 2 rings (SSSR count). The third kappa shape index (κ3) is 15.0. The van der Waals surface area contributed by atoms with E-state index in [9.17, 15) is 64.5 Å². The first kappa shape index (κ1) is 54.5. The van der Waals surface area contributed by atoms with E-state index in [0.717, 1.165) is 4.90 Å². The highest BCUT2D eigenvalue weighted by atomic mass is 127. The number of carbonyl (C=O) groups is 6. The summed E-state index contributed by atoms with van der Waals surface area (Å²) in [4.78, 5) is 80.5. The SMILES string of the molecule is CCC(O)CNC(=O)c1c(I)c(NC(=O)CO)c(I)c(C(=O)N(CC(O)CO)CC(O)CNC(=O)c2c(I)c(NC(=O)CO)c(I)c(C(=O)NCC(O)CO)c2I)c1I. The molecule has 0 aromatic heterocycles. The van der Waals surface area contributed by atoms with Crippen LogP contribution in [-0.2, 0) is 9.59 Å². The van der Waals surface area contributed by atoms with Crippen LogP contribution in [0.2, 0.25) is 0 Å². The number of aliphatic hydroxyl groups is 8. The number of halogens is 6. The van der Waals surface area contributed by atoms with Gasteiger partial charge in [-0.15, -0.1) is 0 Å². The average Bonchev–Trinajstić information content (AvgIpc) is 3.20. The van der Waals surface area contributed by atoms with Crippen LogP contribution < -0.4 is 26.6 Å². The number of amides is 6. The number of hydrogen-bond donors (Lipinski definition) is 13. The number of nitrogens with one attached hydrogen (secondary N) is 5. The van der Waals surface area contributed by atoms with Crippen molar-refractivity contribution in [1.82, 2.24) is 20.9 Å². The lowest BCUT2D eigenvalue weighted by Gasteiger charge is -2.29. The Morgan fingerprint density at radius 2 is 0.847 bits per heavy atom. The van der Waals surface area contributed by atoms with Crippen LogP contribution in [0.4, 0.5) is 11.4 Å². The summed E-state index contributed by atoms with van der Waals surface area (Å²) in [5, 5.41) is 91.6. The van der Waals surface area contributed by atoms with Crippen LogP contribution >= 0.6 is 136 Å². The first-order valence-electron chi connectivity index (χ1n) is 17.0. The zero-order valence-corrected chi connectivity index (χ0v) is 43.6. The minimum Gasteiger partial charge on any atom is -0.394 e. The summed E-state index contributed by atoms with van der Waals surface area (Å²) in [7, 11) is 0. The average molecular weight is 1510 g/mol. The smallest absolute Gasteiger partial charge is 0.256 e. The van der Waals surface area contributed by atoms with Crippen molar-refractivity contribution in [3.05, 3.63) is 43.7 Å². The van der Waals surface area contributed by atoms with Gasteiger partial charge in [0, 0.05) is 39.9 Å². The molecule has 26 heteroatoms. The van der Waals surface area contributed by atoms with Crippen LogP contribution in [0.5, 0.6) is 0 Å². The molecule has 20 nitrogen and oxygen atoms in total. The third-order valence-electron chi connectivity index (χ3n) is 7.88. The number of anilines is 2. The molecule has 0 aliphatic carbocycles. The number of benzene rings is 2. The van der Waals surface area contributed by atoms with Crippen LogP contribution in [0.3, 0.4) is 0 Å². The van der Waals surface area contributed by atoms with E-state index in [2.05, 4.69) is 26.6 Å². The van der Waals surface area contributed by atoms with Crippen molar-refractivity contribution in [2.75, 3.05) is 69.8 Å². The van der Waals surface area contributed by atoms with Gasteiger partial charge in [-0.1, -0.05) is 6.92 Å². The highest BCUT2D eigenvalue weighted by molar-refractivity contribution is 14.1. The Labute approximate surface area is 419 Å². The van der Waals surface area contributed by atoms with E-state index < -0.39 is 106 Å². The van der Waals surface area contributed by atoms with Crippen molar-refractivity contribution in [3.63, 3.8) is 0 Å². The first-order chi connectivity index (χ1) is 27.7. The summed E-state index contributed by atoms with van der Waals surface area (Å²) in [6.07, 6.45) is -4.92. The van der Waals surface area contributed by atoms with Crippen LogP contribution in [0, 0.1) is 21.4 Å². The number of rotatable bonds is 21. The van der Waals surface area contributed by atoms with Crippen LogP contribution in [-0.4, -0.2) is 165 Å². The lowest BCUT2D eigenvalue weighted by Crippen LogP contribution is -2.47. The highest BCUT2D eigenvalue weighted by Crippen LogP contribution is 2.38. The van der Waals surface area contributed by atoms with Gasteiger partial charge in [-0.2, -0.15) is 0 Å². The molecule has 0 saturated carbocycles. The Morgan fingerprint density at radius 1 is 0.508 bits per heavy atom. The molecule has 0 aliphatic heterocycles. The molecule has 0 spiro atoms. The van der Waals surface area contributed by atoms with Crippen LogP contribution in [0.1, 0.15) is 54.8 Å². The van der Waals surface area contributed by atoms with E-state index in [-0.39, 0.29) is 68.1 Å². The van der Waals surface area contributed by atoms with Crippen LogP contribution in [0.25, 0.3) is 0 Å². The maximum Gasteiger partial charge on any atom is 0.256 e. The quantitative estimate of drug-likeness (QED) is 0.0692. The second-order valence-electron chi connectivity index (χ2n) is 12.3. The molecule has 59 heavy (non-hydrogen) atoms. The van der Waals surface area contributed by atoms with Gasteiger partial charge < -0.3 is 72.3 Å². The van der Waals surface area contributed by atoms with Crippen LogP contribution in [0.15, 0.2) is 0 Å². The molecule has 0 bridgehead atoms. The van der Waals surface area contributed by atoms with Crippen molar-refractivity contribution in [3.8, 4) is 0 Å². The summed E-state index contributed by atoms with van der Waals surface area (Å²) >= 11 is 10.6. The molecular weight excluding hydrogens is 1470 g/mol. The van der Waals surface area contributed by atoms with Gasteiger partial charge in [0.15, 0.2) is 0 Å². The fourth-order valence-corrected chi connectivity index (χ4v) is 13.6. The number of carbonyl (C=O) groups excluding carboxylic acids is 6. The maximum atomic E-state index is 14.4. The summed E-state index contributed by atoms with van der Waals surface area (Å²) < 4.78 is 0.843. The minimum absolute atomic E-state index is 0.000393. The van der Waals surface area contributed by atoms with Crippen molar-refractivity contribution in [1.29, 1.82) is 0 Å². The number of nitrogens with zero attached hydrogens (tertiary/aromatic N) is 1. The fourth-order valence-electron chi connectivity index (χ4n) is 4.83. The van der Waals surface area contributed by atoms with Gasteiger partial charge >= 0.3 is 0 Å². The topological polar surface area (TPSA) is 328 Å². The lowest BCUT2D eigenvalue weighted by atomic mass is 10.1. The van der Waals surface area contributed by atoms with Crippen molar-refractivity contribution >= 4 is 182 Å². The van der Waals surface area contributed by atoms with Gasteiger partial charge in [0.2, 0.25) is 11.8 Å². The predicted molar refractivity (Wildman–Crippen MR) is 262 cm³/mol. The molecule has 0 radical (unpaired) electrons. The Hall–Kier alpha value is -0.680. The van der Waals surface area contributed by atoms with E-state index in [1.54, 1.807) is 142 Å². The Morgan fingerprint density at radius 3 is 1.22 bits per heavy atom. The summed E-state index contributed by atoms with van der Waals surface area (Å²) in [5.74, 6) is -4.91. The van der Waals surface area contributed by atoms with E-state index in [0.29, 0.717) is 6.42 Å². The van der Waals surface area contributed by atoms with E-state index in [4.69, 9.17) is 5.11 Å². The Bertz CT molecular complexity index is 1910. The van der Waals surface area contributed by atoms with Gasteiger partial charge in [0.1, 0.15) is 13.2 Å². The number of hydrogen-bond acceptors (Lipinski definition) is 14. The molecule has 328 valence electrons. The van der Waals surface area contributed by atoms with Gasteiger partial charge in [0.05, 0.1) is 85.5 Å². The van der Waals surface area contributed by atoms with Gasteiger partial charge in [-0.05, 0) is 142 Å². The molecule has 6 amide bonds. The monoisotopic (exact) mass is 1510 g/mol. The summed E-state index contributed by atoms with van der Waals surface area (Å²) in [6, 6.07) is 0. The van der Waals surface area contributed by atoms with Gasteiger partial charge in [-0.3, -0.25) is 28.8 Å². The molecular formula is C33H40I6N6O14. The molecule has 4 atom stereocenters. The normalized spacial score (nSPS) is 13.1. The first-order valence-corrected chi connectivity index (χ1v) is 23.5. The van der Waals surface area contributed by atoms with Gasteiger partial charge in [-0.25, -0.2) is 0 Å². The molecule has 0 aliphatic rings. The predicted octanol–water partition coefficient (Wildman–Crippen LogP) is -0.654. The molecule has 13 N–H and O–H groups in total. The zero-order chi connectivity index (χ0) is 44.9. The molecule has 2 aromatic carbocycles. The largest absolute Gasteiger partial charge is 0.394 e. The standard InChI is InChI=1S/C33H40I6N6O14/c1-2-12(50)3-40-32(58)20-23(35)21(27(39)29(26(20)38)44-17(55)11-49)33(59)45(7-15(53)9-47)6-13(51)4-41-30(56)18-22(34)19(31(57)42-5-14(52)8-46)25(37)28(24(18)36)43-16(54)10-48/h12-15,46-53H,2-11H2,1H3,(H,40,58)(H,41,56)(H,42,57)(H,43,54)(H,44,55). The highest BCUT2D eigenvalue weighted by Gasteiger charge is 2.33. The molecule has 4 unspecified atom stereocenters. The van der Waals surface area contributed by atoms with E-state index in [1.807, 2.05) is 0 Å². The molecule has 0 fully saturated rings. The minimum atomic E-state index is -1.56. The van der Waals surface area contributed by atoms with Crippen molar-refractivity contribution < 1.29 is 69.6 Å². The summed E-state index contributed by atoms with van der Waals surface area (Å²) in [6.45, 7) is -3.73. The second-order valence-corrected chi connectivity index (χ2v) is 18.7.